The van der Waals surface area contributed by atoms with E-state index in [-0.39, 0.29) is 74.9 Å². The summed E-state index contributed by atoms with van der Waals surface area (Å²) in [6.45, 7) is 16.3. The Bertz CT molecular complexity index is 2590. The molecule has 77 heavy (non-hydrogen) atoms. The van der Waals surface area contributed by atoms with Gasteiger partial charge in [-0.15, -0.1) is 23.5 Å². The molecule has 0 saturated carbocycles. The van der Waals surface area contributed by atoms with Gasteiger partial charge in [0.2, 0.25) is 11.8 Å². The Kier molecular flexibility index (Phi) is 23.2. The quantitative estimate of drug-likeness (QED) is 0.0332. The third-order valence-corrected chi connectivity index (χ3v) is 13.6. The molecule has 0 bridgehead atoms. The van der Waals surface area contributed by atoms with E-state index in [9.17, 15) is 65.0 Å². The average Bonchev–Trinajstić information content (AvgIpc) is 4.02. The molecular weight excluding hydrogens is 1060 g/mol. The summed E-state index contributed by atoms with van der Waals surface area (Å²) in [5, 5.41) is 18.3. The lowest BCUT2D eigenvalue weighted by atomic mass is 10.0. The van der Waals surface area contributed by atoms with Crippen molar-refractivity contribution in [2.75, 3.05) is 36.5 Å². The maximum atomic E-state index is 14.5. The fraction of sp³-hybridized carbons (Fsp3) is 0.519. The molecule has 5 N–H and O–H groups in total. The number of alkyl carbamates (subject to hydrolysis) is 2. The number of halogens is 6. The zero-order valence-electron chi connectivity index (χ0n) is 44.2. The standard InChI is InChI=1S/C33H43F3N4O6S.C19H23F3N2O5S/c1-7-45-31(43)28(19(2)3)38-22-10-8-20(9-11-22)18-37-29(42)30-40(12-13-47-30)27(41)16-23(39-32(44)46-33(4,5)6)14-21-15-25(35)26(36)17-24(21)34;1-19(2,3)29-18(28)23-11(6-10-7-13(21)14(22)9-12(10)20)8-15(25)24-4-5-30-16(24)17(26)27/h8-11,15,17,19,23,28,30,38H,7,12-14,16,18H2,1-6H3,(H,37,42)(H,39,44);7,9,11,16H,4-6,8H2,1-3H3,(H,23,28)(H,26,27)/t23?,28-,30+;11?,16-/m10/s1. The van der Waals surface area contributed by atoms with Crippen molar-refractivity contribution in [2.24, 2.45) is 5.92 Å². The second-order valence-electron chi connectivity index (χ2n) is 20.2. The molecule has 2 aliphatic rings. The van der Waals surface area contributed by atoms with Gasteiger partial charge < -0.3 is 50.4 Å². The number of aliphatic carboxylic acids is 1. The van der Waals surface area contributed by atoms with Crippen molar-refractivity contribution in [3.05, 3.63) is 100 Å². The predicted molar refractivity (Wildman–Crippen MR) is 276 cm³/mol. The Balaban J connectivity index is 0.000000367. The smallest absolute Gasteiger partial charge is 0.407 e. The summed E-state index contributed by atoms with van der Waals surface area (Å²) >= 11 is 2.36. The Morgan fingerprint density at radius 2 is 1.09 bits per heavy atom. The number of hydrogen-bond acceptors (Lipinski definition) is 13. The van der Waals surface area contributed by atoms with Gasteiger partial charge in [-0.25, -0.2) is 45.5 Å². The van der Waals surface area contributed by atoms with Crippen molar-refractivity contribution >= 4 is 71.1 Å². The average molecular weight is 1130 g/mol. The molecular formula is C52H66F6N6O11S2. The minimum Gasteiger partial charge on any atom is -0.479 e. The van der Waals surface area contributed by atoms with Crippen molar-refractivity contribution in [2.45, 2.75) is 135 Å². The second kappa shape index (κ2) is 28.3. The number of carboxylic acid groups (broad SMARTS) is 1. The number of carboxylic acids is 1. The molecule has 2 saturated heterocycles. The van der Waals surface area contributed by atoms with Crippen LogP contribution in [0.3, 0.4) is 0 Å². The normalized spacial score (nSPS) is 16.6. The number of amides is 5. The first kappa shape index (κ1) is 63.2. The van der Waals surface area contributed by atoms with Crippen LogP contribution in [0.4, 0.5) is 41.6 Å². The van der Waals surface area contributed by atoms with Crippen molar-refractivity contribution in [1.82, 2.24) is 25.8 Å². The number of rotatable bonds is 19. The number of carbonyl (C=O) groups excluding carboxylic acids is 6. The first-order valence-electron chi connectivity index (χ1n) is 24.6. The predicted octanol–water partition coefficient (Wildman–Crippen LogP) is 8.06. The van der Waals surface area contributed by atoms with Crippen LogP contribution in [-0.2, 0) is 57.6 Å². The first-order chi connectivity index (χ1) is 35.9. The molecule has 2 fully saturated rings. The van der Waals surface area contributed by atoms with Crippen LogP contribution in [0.25, 0.3) is 0 Å². The largest absolute Gasteiger partial charge is 0.479 e. The van der Waals surface area contributed by atoms with E-state index in [0.717, 1.165) is 22.2 Å². The van der Waals surface area contributed by atoms with Gasteiger partial charge in [0, 0.05) is 73.9 Å². The zero-order valence-corrected chi connectivity index (χ0v) is 45.8. The van der Waals surface area contributed by atoms with Crippen LogP contribution in [-0.4, -0.2) is 128 Å². The van der Waals surface area contributed by atoms with E-state index < -0.39 is 111 Å². The summed E-state index contributed by atoms with van der Waals surface area (Å²) < 4.78 is 98.3. The van der Waals surface area contributed by atoms with Crippen molar-refractivity contribution in [1.29, 1.82) is 0 Å². The number of esters is 1. The lowest BCUT2D eigenvalue weighted by Crippen LogP contribution is -2.48. The van der Waals surface area contributed by atoms with E-state index in [1.54, 1.807) is 72.7 Å². The van der Waals surface area contributed by atoms with Crippen LogP contribution >= 0.6 is 23.5 Å². The summed E-state index contributed by atoms with van der Waals surface area (Å²) in [6.07, 6.45) is -3.12. The molecule has 0 aliphatic carbocycles. The molecule has 0 spiro atoms. The molecule has 5 atom stereocenters. The highest BCUT2D eigenvalue weighted by Crippen LogP contribution is 2.28. The molecule has 25 heteroatoms. The topological polar surface area (TPSA) is 222 Å². The maximum absolute atomic E-state index is 14.5. The number of anilines is 1. The number of carbonyl (C=O) groups is 7. The molecule has 2 unspecified atom stereocenters. The Labute approximate surface area is 451 Å². The molecule has 2 heterocycles. The number of benzene rings is 3. The number of nitrogens with zero attached hydrogens (tertiary/aromatic N) is 2. The third kappa shape index (κ3) is 20.2. The minimum atomic E-state index is -1.36. The number of ether oxygens (including phenoxy) is 3. The van der Waals surface area contributed by atoms with Crippen LogP contribution in [0.5, 0.6) is 0 Å². The van der Waals surface area contributed by atoms with Gasteiger partial charge in [-0.05, 0) is 108 Å². The van der Waals surface area contributed by atoms with Gasteiger partial charge in [-0.1, -0.05) is 26.0 Å². The van der Waals surface area contributed by atoms with Gasteiger partial charge >= 0.3 is 24.1 Å². The van der Waals surface area contributed by atoms with Gasteiger partial charge in [-0.3, -0.25) is 14.4 Å². The molecule has 0 radical (unpaired) electrons. The second-order valence-corrected chi connectivity index (χ2v) is 22.6. The van der Waals surface area contributed by atoms with E-state index in [2.05, 4.69) is 21.3 Å². The van der Waals surface area contributed by atoms with Crippen molar-refractivity contribution < 1.29 is 79.2 Å². The number of nitrogens with one attached hydrogen (secondary N) is 4. The van der Waals surface area contributed by atoms with Crippen molar-refractivity contribution in [3.8, 4) is 0 Å². The van der Waals surface area contributed by atoms with Gasteiger partial charge in [-0.2, -0.15) is 0 Å². The highest BCUT2D eigenvalue weighted by molar-refractivity contribution is 8.01. The Morgan fingerprint density at radius 1 is 0.662 bits per heavy atom. The van der Waals surface area contributed by atoms with Crippen molar-refractivity contribution in [3.63, 3.8) is 0 Å². The van der Waals surface area contributed by atoms with E-state index in [0.29, 0.717) is 41.5 Å². The van der Waals surface area contributed by atoms with E-state index in [1.165, 1.54) is 16.7 Å². The van der Waals surface area contributed by atoms with Crippen LogP contribution in [0, 0.1) is 40.8 Å². The van der Waals surface area contributed by atoms with E-state index in [4.69, 9.17) is 14.2 Å². The maximum Gasteiger partial charge on any atom is 0.407 e. The highest BCUT2D eigenvalue weighted by atomic mass is 32.2. The molecule has 2 aliphatic heterocycles. The molecule has 0 aromatic heterocycles. The molecule has 3 aromatic rings. The molecule has 424 valence electrons. The fourth-order valence-corrected chi connectivity index (χ4v) is 9.94. The Morgan fingerprint density at radius 3 is 1.51 bits per heavy atom. The molecule has 3 aromatic carbocycles. The molecule has 5 rings (SSSR count). The van der Waals surface area contributed by atoms with Crippen LogP contribution in [0.15, 0.2) is 48.5 Å². The summed E-state index contributed by atoms with van der Waals surface area (Å²) in [5.41, 5.74) is -0.675. The number of thioether (sulfide) groups is 2. The summed E-state index contributed by atoms with van der Waals surface area (Å²) in [6, 6.07) is 6.74. The molecule has 17 nitrogen and oxygen atoms in total. The lowest BCUT2D eigenvalue weighted by Gasteiger charge is -2.27. The van der Waals surface area contributed by atoms with Gasteiger partial charge in [0.25, 0.3) is 5.91 Å². The van der Waals surface area contributed by atoms with Crippen LogP contribution < -0.4 is 21.3 Å². The van der Waals surface area contributed by atoms with Gasteiger partial charge in [0.1, 0.15) is 28.9 Å². The van der Waals surface area contributed by atoms with Gasteiger partial charge in [0.05, 0.1) is 6.61 Å². The first-order valence-corrected chi connectivity index (χ1v) is 26.7. The lowest BCUT2D eigenvalue weighted by molar-refractivity contribution is -0.145. The zero-order chi connectivity index (χ0) is 57.5. The monoisotopic (exact) mass is 1130 g/mol. The van der Waals surface area contributed by atoms with Crippen LogP contribution in [0.1, 0.15) is 91.8 Å². The highest BCUT2D eigenvalue weighted by Gasteiger charge is 2.38. The SMILES string of the molecule is CC(C)(C)OC(=O)NC(CC(=O)N1CCS[C@H]1C(=O)O)Cc1cc(F)c(F)cc1F.CCOC(=O)[C@H](Nc1ccc(CNC(=O)[C@@H]2SCCN2C(=O)CC(Cc2cc(F)c(F)cc2F)NC(=O)OC(C)(C)C)cc1)C(C)C. The fourth-order valence-electron chi connectivity index (χ4n) is 7.70. The third-order valence-electron chi connectivity index (χ3n) is 11.2. The Hall–Kier alpha value is -6.37. The number of hydrogen-bond donors (Lipinski definition) is 5. The van der Waals surface area contributed by atoms with Crippen LogP contribution in [0.2, 0.25) is 0 Å². The van der Waals surface area contributed by atoms with E-state index >= 15 is 0 Å². The molecule has 5 amide bonds. The minimum absolute atomic E-state index is 0.00183. The summed E-state index contributed by atoms with van der Waals surface area (Å²) in [7, 11) is 0. The summed E-state index contributed by atoms with van der Waals surface area (Å²) in [5.74, 6) is -9.35. The van der Waals surface area contributed by atoms with Gasteiger partial charge in [0.15, 0.2) is 34.0 Å². The van der Waals surface area contributed by atoms with E-state index in [1.807, 2.05) is 13.8 Å². The summed E-state index contributed by atoms with van der Waals surface area (Å²) in [4.78, 5) is 90.1.